The Kier molecular flexibility index (Phi) is 7.26. The zero-order valence-corrected chi connectivity index (χ0v) is 18.2. The highest BCUT2D eigenvalue weighted by Crippen LogP contribution is 2.29. The molecular formula is C21H28N2O5S. The Morgan fingerprint density at radius 3 is 2.21 bits per heavy atom. The number of benzene rings is 2. The summed E-state index contributed by atoms with van der Waals surface area (Å²) in [4.78, 5) is 12.3. The van der Waals surface area contributed by atoms with E-state index in [1.807, 2.05) is 0 Å². The van der Waals surface area contributed by atoms with E-state index >= 15 is 0 Å². The third-order valence-corrected chi connectivity index (χ3v) is 5.83. The Morgan fingerprint density at radius 1 is 1.00 bits per heavy atom. The molecule has 0 saturated carbocycles. The van der Waals surface area contributed by atoms with Gasteiger partial charge in [-0.1, -0.05) is 32.9 Å². The number of methoxy groups -OCH3 is 2. The van der Waals surface area contributed by atoms with E-state index in [0.29, 0.717) is 17.2 Å². The highest BCUT2D eigenvalue weighted by atomic mass is 32.2. The molecule has 0 radical (unpaired) electrons. The van der Waals surface area contributed by atoms with E-state index in [9.17, 15) is 13.2 Å². The van der Waals surface area contributed by atoms with Crippen LogP contribution in [-0.4, -0.2) is 35.1 Å². The van der Waals surface area contributed by atoms with Crippen LogP contribution in [-0.2, 0) is 20.2 Å². The average Bonchev–Trinajstić information content (AvgIpc) is 2.67. The van der Waals surface area contributed by atoms with Crippen molar-refractivity contribution in [1.82, 2.24) is 4.72 Å². The van der Waals surface area contributed by atoms with E-state index in [1.54, 1.807) is 42.5 Å². The van der Waals surface area contributed by atoms with E-state index in [2.05, 4.69) is 30.8 Å². The number of hydrogen-bond donors (Lipinski definition) is 2. The molecule has 8 heteroatoms. The summed E-state index contributed by atoms with van der Waals surface area (Å²) in [6.07, 6.45) is -0.0194. The van der Waals surface area contributed by atoms with Crippen molar-refractivity contribution in [3.63, 3.8) is 0 Å². The number of rotatable bonds is 8. The molecule has 2 aromatic carbocycles. The minimum Gasteiger partial charge on any atom is -0.497 e. The molecule has 2 aromatic rings. The van der Waals surface area contributed by atoms with E-state index in [4.69, 9.17) is 9.47 Å². The van der Waals surface area contributed by atoms with Crippen molar-refractivity contribution in [1.29, 1.82) is 0 Å². The number of carbonyl (C=O) groups is 1. The van der Waals surface area contributed by atoms with Gasteiger partial charge in [-0.25, -0.2) is 13.1 Å². The molecule has 0 aliphatic heterocycles. The number of hydrogen-bond acceptors (Lipinski definition) is 5. The maximum Gasteiger partial charge on any atom is 0.240 e. The Morgan fingerprint density at radius 2 is 1.66 bits per heavy atom. The van der Waals surface area contributed by atoms with E-state index in [1.165, 1.54) is 14.2 Å². The van der Waals surface area contributed by atoms with Crippen LogP contribution in [0.25, 0.3) is 0 Å². The maximum atomic E-state index is 12.4. The van der Waals surface area contributed by atoms with Gasteiger partial charge < -0.3 is 14.8 Å². The zero-order chi connectivity index (χ0) is 21.7. The smallest absolute Gasteiger partial charge is 0.240 e. The number of anilines is 1. The van der Waals surface area contributed by atoms with Crippen molar-refractivity contribution in [2.75, 3.05) is 26.1 Å². The average molecular weight is 421 g/mol. The van der Waals surface area contributed by atoms with Crippen LogP contribution in [0, 0.1) is 0 Å². The standard InChI is InChI=1S/C21H28N2O5S/c1-21(2,3)15-6-9-17(10-7-15)29(25,26)22-13-12-20(24)23-18-11-8-16(27-4)14-19(18)28-5/h6-11,14,22H,12-13H2,1-5H3,(H,23,24). The van der Waals surface area contributed by atoms with Crippen LogP contribution in [0.4, 0.5) is 5.69 Å². The van der Waals surface area contributed by atoms with Crippen LogP contribution in [0.3, 0.4) is 0 Å². The van der Waals surface area contributed by atoms with Crippen molar-refractivity contribution in [2.45, 2.75) is 37.5 Å². The van der Waals surface area contributed by atoms with Gasteiger partial charge in [0.2, 0.25) is 15.9 Å². The minimum absolute atomic E-state index is 0.0194. The summed E-state index contributed by atoms with van der Waals surface area (Å²) < 4.78 is 37.7. The van der Waals surface area contributed by atoms with Crippen LogP contribution >= 0.6 is 0 Å². The lowest BCUT2D eigenvalue weighted by Gasteiger charge is -2.19. The molecule has 7 nitrogen and oxygen atoms in total. The Hall–Kier alpha value is -2.58. The van der Waals surface area contributed by atoms with Gasteiger partial charge in [-0.3, -0.25) is 4.79 Å². The number of sulfonamides is 1. The van der Waals surface area contributed by atoms with Gasteiger partial charge in [-0.05, 0) is 35.2 Å². The fraction of sp³-hybridized carbons (Fsp3) is 0.381. The van der Waals surface area contributed by atoms with Crippen molar-refractivity contribution < 1.29 is 22.7 Å². The third-order valence-electron chi connectivity index (χ3n) is 4.36. The van der Waals surface area contributed by atoms with Gasteiger partial charge in [0.05, 0.1) is 24.8 Å². The van der Waals surface area contributed by atoms with Gasteiger partial charge in [-0.2, -0.15) is 0 Å². The summed E-state index contributed by atoms with van der Waals surface area (Å²) in [5.74, 6) is 0.724. The first kappa shape index (κ1) is 22.7. The fourth-order valence-corrected chi connectivity index (χ4v) is 3.66. The SMILES string of the molecule is COc1ccc(NC(=O)CCNS(=O)(=O)c2ccc(C(C)(C)C)cc2)c(OC)c1. The van der Waals surface area contributed by atoms with Gasteiger partial charge in [-0.15, -0.1) is 0 Å². The first-order valence-corrected chi connectivity index (χ1v) is 10.7. The summed E-state index contributed by atoms with van der Waals surface area (Å²) in [6, 6.07) is 11.8. The highest BCUT2D eigenvalue weighted by Gasteiger charge is 2.18. The second-order valence-corrected chi connectivity index (χ2v) is 9.30. The van der Waals surface area contributed by atoms with Crippen LogP contribution in [0.1, 0.15) is 32.8 Å². The quantitative estimate of drug-likeness (QED) is 0.683. The highest BCUT2D eigenvalue weighted by molar-refractivity contribution is 7.89. The molecule has 2 rings (SSSR count). The molecule has 0 spiro atoms. The van der Waals surface area contributed by atoms with Crippen LogP contribution in [0.2, 0.25) is 0 Å². The number of carbonyl (C=O) groups excluding carboxylic acids is 1. The minimum atomic E-state index is -3.68. The summed E-state index contributed by atoms with van der Waals surface area (Å²) >= 11 is 0. The molecule has 0 atom stereocenters. The van der Waals surface area contributed by atoms with Crippen LogP contribution in [0.5, 0.6) is 11.5 Å². The predicted octanol–water partition coefficient (Wildman–Crippen LogP) is 3.31. The molecule has 0 heterocycles. The zero-order valence-electron chi connectivity index (χ0n) is 17.4. The molecular weight excluding hydrogens is 392 g/mol. The second-order valence-electron chi connectivity index (χ2n) is 7.54. The van der Waals surface area contributed by atoms with Gasteiger partial charge in [0.1, 0.15) is 11.5 Å². The largest absolute Gasteiger partial charge is 0.497 e. The molecule has 0 aliphatic carbocycles. The lowest BCUT2D eigenvalue weighted by atomic mass is 9.87. The third kappa shape index (κ3) is 6.20. The normalized spacial score (nSPS) is 11.8. The maximum absolute atomic E-state index is 12.4. The van der Waals surface area contributed by atoms with Gasteiger partial charge in [0, 0.05) is 19.0 Å². The Bertz CT molecular complexity index is 948. The first-order chi connectivity index (χ1) is 13.6. The topological polar surface area (TPSA) is 93.7 Å². The fourth-order valence-electron chi connectivity index (χ4n) is 2.63. The van der Waals surface area contributed by atoms with Crippen LogP contribution in [0.15, 0.2) is 47.4 Å². The summed E-state index contributed by atoms with van der Waals surface area (Å²) in [6.45, 7) is 6.16. The number of ether oxygens (including phenoxy) is 2. The monoisotopic (exact) mass is 420 g/mol. The van der Waals surface area contributed by atoms with Crippen molar-refractivity contribution in [2.24, 2.45) is 0 Å². The molecule has 0 bridgehead atoms. The molecule has 0 saturated heterocycles. The summed E-state index contributed by atoms with van der Waals surface area (Å²) in [7, 11) is -0.657. The second kappa shape index (κ2) is 9.28. The van der Waals surface area contributed by atoms with Gasteiger partial charge in [0.25, 0.3) is 0 Å². The van der Waals surface area contributed by atoms with Crippen molar-refractivity contribution in [3.05, 3.63) is 48.0 Å². The molecule has 0 unspecified atom stereocenters. The number of amides is 1. The molecule has 29 heavy (non-hydrogen) atoms. The molecule has 2 N–H and O–H groups in total. The first-order valence-electron chi connectivity index (χ1n) is 9.19. The van der Waals surface area contributed by atoms with Gasteiger partial charge in [0.15, 0.2) is 0 Å². The summed E-state index contributed by atoms with van der Waals surface area (Å²) in [5.41, 5.74) is 1.47. The lowest BCUT2D eigenvalue weighted by Crippen LogP contribution is -2.28. The predicted molar refractivity (Wildman–Crippen MR) is 113 cm³/mol. The van der Waals surface area contributed by atoms with Gasteiger partial charge >= 0.3 is 0 Å². The number of nitrogens with one attached hydrogen (secondary N) is 2. The van der Waals surface area contributed by atoms with Crippen LogP contribution < -0.4 is 19.5 Å². The molecule has 0 fully saturated rings. The molecule has 0 aliphatic rings. The molecule has 0 aromatic heterocycles. The van der Waals surface area contributed by atoms with E-state index in [-0.39, 0.29) is 29.2 Å². The van der Waals surface area contributed by atoms with E-state index in [0.717, 1.165) is 5.56 Å². The van der Waals surface area contributed by atoms with E-state index < -0.39 is 10.0 Å². The Balaban J connectivity index is 1.94. The summed E-state index contributed by atoms with van der Waals surface area (Å²) in [5, 5.41) is 2.71. The lowest BCUT2D eigenvalue weighted by molar-refractivity contribution is -0.116. The molecule has 158 valence electrons. The Labute approximate surface area is 172 Å². The van der Waals surface area contributed by atoms with Crippen molar-refractivity contribution in [3.8, 4) is 11.5 Å². The van der Waals surface area contributed by atoms with Crippen molar-refractivity contribution >= 4 is 21.6 Å². The molecule has 1 amide bonds.